The highest BCUT2D eigenvalue weighted by molar-refractivity contribution is 5.97. The number of rotatable bonds is 2. The van der Waals surface area contributed by atoms with E-state index < -0.39 is 0 Å². The van der Waals surface area contributed by atoms with E-state index in [0.717, 1.165) is 43.7 Å². The number of hydrogen-bond donors (Lipinski definition) is 1. The van der Waals surface area contributed by atoms with Crippen LogP contribution in [0, 0.1) is 5.92 Å². The fourth-order valence-electron chi connectivity index (χ4n) is 3.20. The Hall–Kier alpha value is -1.26. The van der Waals surface area contributed by atoms with E-state index in [0.29, 0.717) is 0 Å². The van der Waals surface area contributed by atoms with Gasteiger partial charge in [0.05, 0.1) is 7.11 Å². The van der Waals surface area contributed by atoms with Gasteiger partial charge in [-0.15, -0.1) is 12.4 Å². The van der Waals surface area contributed by atoms with Crippen LogP contribution in [0.25, 0.3) is 0 Å². The highest BCUT2D eigenvalue weighted by Crippen LogP contribution is 2.34. The average molecular weight is 297 g/mol. The van der Waals surface area contributed by atoms with E-state index in [-0.39, 0.29) is 30.3 Å². The second kappa shape index (κ2) is 6.02. The maximum atomic E-state index is 12.5. The maximum Gasteiger partial charge on any atom is 0.230 e. The van der Waals surface area contributed by atoms with Crippen LogP contribution >= 0.6 is 12.4 Å². The number of carbonyl (C=O) groups is 1. The van der Waals surface area contributed by atoms with E-state index in [2.05, 4.69) is 0 Å². The van der Waals surface area contributed by atoms with Gasteiger partial charge >= 0.3 is 0 Å². The first-order chi connectivity index (χ1) is 9.19. The molecule has 1 fully saturated rings. The Morgan fingerprint density at radius 1 is 1.40 bits per heavy atom. The van der Waals surface area contributed by atoms with Gasteiger partial charge in [0.2, 0.25) is 5.91 Å². The molecule has 1 heterocycles. The lowest BCUT2D eigenvalue weighted by atomic mass is 10.1. The lowest BCUT2D eigenvalue weighted by Gasteiger charge is -2.21. The van der Waals surface area contributed by atoms with Crippen LogP contribution in [0.3, 0.4) is 0 Å². The minimum atomic E-state index is 0. The standard InChI is InChI=1S/C15H20N2O2.ClH/c1-19-13-4-5-14-10(9-13)6-7-17(14)15(18)11-2-3-12(16)8-11;/h4-5,9,11-12H,2-3,6-8,16H2,1H3;1H. The summed E-state index contributed by atoms with van der Waals surface area (Å²) in [5.41, 5.74) is 8.16. The SMILES string of the molecule is COc1ccc2c(c1)CCN2C(=O)C1CCC(N)C1.Cl. The molecular weight excluding hydrogens is 276 g/mol. The van der Waals surface area contributed by atoms with E-state index in [1.165, 1.54) is 5.56 Å². The summed E-state index contributed by atoms with van der Waals surface area (Å²) in [6, 6.07) is 6.15. The van der Waals surface area contributed by atoms with Crippen LogP contribution in [-0.2, 0) is 11.2 Å². The Morgan fingerprint density at radius 2 is 2.20 bits per heavy atom. The van der Waals surface area contributed by atoms with Crippen molar-refractivity contribution < 1.29 is 9.53 Å². The lowest BCUT2D eigenvalue weighted by Crippen LogP contribution is -2.34. The minimum absolute atomic E-state index is 0. The minimum Gasteiger partial charge on any atom is -0.497 e. The van der Waals surface area contributed by atoms with Gasteiger partial charge in [0.1, 0.15) is 5.75 Å². The van der Waals surface area contributed by atoms with E-state index >= 15 is 0 Å². The molecule has 2 aliphatic rings. The number of fused-ring (bicyclic) bond motifs is 1. The lowest BCUT2D eigenvalue weighted by molar-refractivity contribution is -0.122. The van der Waals surface area contributed by atoms with Crippen LogP contribution < -0.4 is 15.4 Å². The Morgan fingerprint density at radius 3 is 2.85 bits per heavy atom. The van der Waals surface area contributed by atoms with E-state index in [1.54, 1.807) is 7.11 Å². The van der Waals surface area contributed by atoms with Gasteiger partial charge in [-0.3, -0.25) is 4.79 Å². The molecule has 2 N–H and O–H groups in total. The number of methoxy groups -OCH3 is 1. The van der Waals surface area contributed by atoms with Gasteiger partial charge < -0.3 is 15.4 Å². The number of nitrogens with zero attached hydrogens (tertiary/aromatic N) is 1. The Bertz CT molecular complexity index is 507. The Kier molecular flexibility index (Phi) is 4.55. The van der Waals surface area contributed by atoms with Crippen molar-refractivity contribution in [2.75, 3.05) is 18.6 Å². The summed E-state index contributed by atoms with van der Waals surface area (Å²) >= 11 is 0. The Balaban J connectivity index is 0.00000147. The largest absolute Gasteiger partial charge is 0.497 e. The molecule has 0 aromatic heterocycles. The molecule has 1 aliphatic heterocycles. The van der Waals surface area contributed by atoms with Gasteiger partial charge in [-0.1, -0.05) is 0 Å². The highest BCUT2D eigenvalue weighted by atomic mass is 35.5. The summed E-state index contributed by atoms with van der Waals surface area (Å²) in [5.74, 6) is 1.22. The van der Waals surface area contributed by atoms with Crippen molar-refractivity contribution in [3.8, 4) is 5.75 Å². The van der Waals surface area contributed by atoms with Crippen molar-refractivity contribution in [2.24, 2.45) is 11.7 Å². The number of halogens is 1. The molecule has 1 saturated carbocycles. The molecule has 0 bridgehead atoms. The molecule has 4 nitrogen and oxygen atoms in total. The zero-order valence-electron chi connectivity index (χ0n) is 11.7. The first kappa shape index (κ1) is 15.1. The molecule has 2 atom stereocenters. The molecule has 0 saturated heterocycles. The molecule has 1 aliphatic carbocycles. The van der Waals surface area contributed by atoms with Gasteiger partial charge in [0.15, 0.2) is 0 Å². The predicted octanol–water partition coefficient (Wildman–Crippen LogP) is 2.13. The molecule has 110 valence electrons. The number of anilines is 1. The zero-order chi connectivity index (χ0) is 13.4. The maximum absolute atomic E-state index is 12.5. The summed E-state index contributed by atoms with van der Waals surface area (Å²) in [6.07, 6.45) is 3.65. The smallest absolute Gasteiger partial charge is 0.230 e. The topological polar surface area (TPSA) is 55.6 Å². The Labute approximate surface area is 125 Å². The van der Waals surface area contributed by atoms with Crippen molar-refractivity contribution in [2.45, 2.75) is 31.7 Å². The third-order valence-electron chi connectivity index (χ3n) is 4.27. The van der Waals surface area contributed by atoms with Crippen LogP contribution in [-0.4, -0.2) is 25.6 Å². The van der Waals surface area contributed by atoms with Gasteiger partial charge in [-0.25, -0.2) is 0 Å². The summed E-state index contributed by atoms with van der Waals surface area (Å²) in [4.78, 5) is 14.5. The van der Waals surface area contributed by atoms with Gasteiger partial charge in [-0.2, -0.15) is 0 Å². The molecule has 0 radical (unpaired) electrons. The van der Waals surface area contributed by atoms with Crippen LogP contribution in [0.15, 0.2) is 18.2 Å². The van der Waals surface area contributed by atoms with Crippen molar-refractivity contribution in [1.29, 1.82) is 0 Å². The third-order valence-corrected chi connectivity index (χ3v) is 4.27. The fraction of sp³-hybridized carbons (Fsp3) is 0.533. The summed E-state index contributed by atoms with van der Waals surface area (Å²) in [5, 5.41) is 0. The van der Waals surface area contributed by atoms with Gasteiger partial charge in [-0.05, 0) is 49.4 Å². The van der Waals surface area contributed by atoms with E-state index in [1.807, 2.05) is 23.1 Å². The number of benzene rings is 1. The van der Waals surface area contributed by atoms with Crippen LogP contribution in [0.1, 0.15) is 24.8 Å². The van der Waals surface area contributed by atoms with Crippen molar-refractivity contribution >= 4 is 24.0 Å². The molecule has 2 unspecified atom stereocenters. The van der Waals surface area contributed by atoms with Gasteiger partial charge in [0, 0.05) is 24.2 Å². The quantitative estimate of drug-likeness (QED) is 0.909. The van der Waals surface area contributed by atoms with Crippen molar-refractivity contribution in [3.63, 3.8) is 0 Å². The van der Waals surface area contributed by atoms with Gasteiger partial charge in [0.25, 0.3) is 0 Å². The number of ether oxygens (including phenoxy) is 1. The number of amides is 1. The van der Waals surface area contributed by atoms with Crippen molar-refractivity contribution in [3.05, 3.63) is 23.8 Å². The highest BCUT2D eigenvalue weighted by Gasteiger charge is 2.34. The number of nitrogens with two attached hydrogens (primary N) is 1. The molecule has 3 rings (SSSR count). The first-order valence-corrected chi connectivity index (χ1v) is 6.93. The molecule has 1 amide bonds. The van der Waals surface area contributed by atoms with E-state index in [9.17, 15) is 4.79 Å². The molecule has 1 aromatic rings. The summed E-state index contributed by atoms with van der Waals surface area (Å²) in [6.45, 7) is 0.785. The van der Waals surface area contributed by atoms with Crippen LogP contribution in [0.5, 0.6) is 5.75 Å². The van der Waals surface area contributed by atoms with Crippen LogP contribution in [0.4, 0.5) is 5.69 Å². The first-order valence-electron chi connectivity index (χ1n) is 6.93. The molecular formula is C15H21ClN2O2. The molecule has 1 aromatic carbocycles. The fourth-order valence-corrected chi connectivity index (χ4v) is 3.20. The van der Waals surface area contributed by atoms with Crippen LogP contribution in [0.2, 0.25) is 0 Å². The summed E-state index contributed by atoms with van der Waals surface area (Å²) in [7, 11) is 1.67. The number of carbonyl (C=O) groups excluding carboxylic acids is 1. The second-order valence-electron chi connectivity index (χ2n) is 5.50. The normalized spacial score (nSPS) is 24.2. The average Bonchev–Trinajstić information content (AvgIpc) is 3.03. The van der Waals surface area contributed by atoms with Crippen molar-refractivity contribution in [1.82, 2.24) is 0 Å². The second-order valence-corrected chi connectivity index (χ2v) is 5.50. The predicted molar refractivity (Wildman–Crippen MR) is 81.6 cm³/mol. The summed E-state index contributed by atoms with van der Waals surface area (Å²) < 4.78 is 5.23. The zero-order valence-corrected chi connectivity index (χ0v) is 12.5. The van der Waals surface area contributed by atoms with E-state index in [4.69, 9.17) is 10.5 Å². The molecule has 0 spiro atoms. The molecule has 5 heteroatoms. The monoisotopic (exact) mass is 296 g/mol. The molecule has 20 heavy (non-hydrogen) atoms. The third kappa shape index (κ3) is 2.63. The number of hydrogen-bond acceptors (Lipinski definition) is 3.